The molecule has 0 radical (unpaired) electrons. The Kier molecular flexibility index (Phi) is 2.71. The fourth-order valence-electron chi connectivity index (χ4n) is 1.78. The largest absolute Gasteiger partial charge is 0.478 e. The number of aryl methyl sites for hydroxylation is 1. The zero-order valence-corrected chi connectivity index (χ0v) is 10.1. The van der Waals surface area contributed by atoms with Crippen molar-refractivity contribution in [3.8, 4) is 0 Å². The Hall–Kier alpha value is -2.10. The molecule has 1 N–H and O–H groups in total. The standard InChI is InChI=1S/C13H14N2O2/c1-8-4-5-11-9(6-8)7-10(13(16)17)12(14-11)15(2)3/h4-7H,1-3H3,(H,16,17). The topological polar surface area (TPSA) is 53.4 Å². The number of aromatic carboxylic acids is 1. The van der Waals surface area contributed by atoms with Crippen LogP contribution in [0.5, 0.6) is 0 Å². The quantitative estimate of drug-likeness (QED) is 0.860. The summed E-state index contributed by atoms with van der Waals surface area (Å²) in [7, 11) is 3.57. The number of fused-ring (bicyclic) bond motifs is 1. The Morgan fingerprint density at radius 2 is 2.00 bits per heavy atom. The number of nitrogens with zero attached hydrogens (tertiary/aromatic N) is 2. The van der Waals surface area contributed by atoms with Crippen LogP contribution in [0.15, 0.2) is 24.3 Å². The van der Waals surface area contributed by atoms with Gasteiger partial charge in [-0.05, 0) is 25.1 Å². The van der Waals surface area contributed by atoms with Crippen molar-refractivity contribution >= 4 is 22.7 Å². The molecular formula is C13H14N2O2. The summed E-state index contributed by atoms with van der Waals surface area (Å²) in [6.45, 7) is 1.97. The van der Waals surface area contributed by atoms with Crippen molar-refractivity contribution < 1.29 is 9.90 Å². The van der Waals surface area contributed by atoms with Gasteiger partial charge >= 0.3 is 5.97 Å². The molecule has 0 saturated carbocycles. The fourth-order valence-corrected chi connectivity index (χ4v) is 1.78. The summed E-state index contributed by atoms with van der Waals surface area (Å²) in [6, 6.07) is 7.49. The second kappa shape index (κ2) is 4.05. The van der Waals surface area contributed by atoms with E-state index in [0.29, 0.717) is 5.82 Å². The van der Waals surface area contributed by atoms with Gasteiger partial charge in [-0.2, -0.15) is 0 Å². The Morgan fingerprint density at radius 1 is 1.29 bits per heavy atom. The summed E-state index contributed by atoms with van der Waals surface area (Å²) in [5, 5.41) is 10.0. The Labute approximate surface area is 99.5 Å². The molecule has 0 amide bonds. The summed E-state index contributed by atoms with van der Waals surface area (Å²) in [4.78, 5) is 17.3. The van der Waals surface area contributed by atoms with Crippen LogP contribution in [0, 0.1) is 6.92 Å². The number of carboxylic acid groups (broad SMARTS) is 1. The van der Waals surface area contributed by atoms with Crippen molar-refractivity contribution in [2.45, 2.75) is 6.92 Å². The summed E-state index contributed by atoms with van der Waals surface area (Å²) >= 11 is 0. The zero-order chi connectivity index (χ0) is 12.6. The van der Waals surface area contributed by atoms with E-state index in [9.17, 15) is 9.90 Å². The Morgan fingerprint density at radius 3 is 2.59 bits per heavy atom. The van der Waals surface area contributed by atoms with Crippen LogP contribution in [-0.2, 0) is 0 Å². The van der Waals surface area contributed by atoms with Gasteiger partial charge in [0.05, 0.1) is 5.52 Å². The molecule has 0 unspecified atom stereocenters. The van der Waals surface area contributed by atoms with Gasteiger partial charge in [0.25, 0.3) is 0 Å². The first-order valence-electron chi connectivity index (χ1n) is 5.31. The number of pyridine rings is 1. The van der Waals surface area contributed by atoms with Gasteiger partial charge in [-0.15, -0.1) is 0 Å². The van der Waals surface area contributed by atoms with E-state index in [-0.39, 0.29) is 5.56 Å². The smallest absolute Gasteiger partial charge is 0.339 e. The van der Waals surface area contributed by atoms with Crippen LogP contribution in [0.3, 0.4) is 0 Å². The molecule has 0 saturated heterocycles. The molecule has 2 rings (SSSR count). The maximum atomic E-state index is 11.2. The first-order valence-corrected chi connectivity index (χ1v) is 5.31. The summed E-state index contributed by atoms with van der Waals surface area (Å²) in [6.07, 6.45) is 0. The molecule has 0 atom stereocenters. The van der Waals surface area contributed by atoms with Crippen LogP contribution in [0.1, 0.15) is 15.9 Å². The lowest BCUT2D eigenvalue weighted by atomic mass is 10.1. The lowest BCUT2D eigenvalue weighted by Crippen LogP contribution is -2.15. The molecule has 2 aromatic rings. The van der Waals surface area contributed by atoms with Gasteiger partial charge in [-0.3, -0.25) is 0 Å². The van der Waals surface area contributed by atoms with Crippen molar-refractivity contribution in [3.63, 3.8) is 0 Å². The van der Waals surface area contributed by atoms with E-state index in [1.807, 2.05) is 25.1 Å². The molecule has 17 heavy (non-hydrogen) atoms. The minimum atomic E-state index is -0.954. The maximum absolute atomic E-state index is 11.2. The van der Waals surface area contributed by atoms with E-state index >= 15 is 0 Å². The van der Waals surface area contributed by atoms with E-state index in [2.05, 4.69) is 4.98 Å². The van der Waals surface area contributed by atoms with Crippen LogP contribution in [0.25, 0.3) is 10.9 Å². The lowest BCUT2D eigenvalue weighted by Gasteiger charge is -2.15. The van der Waals surface area contributed by atoms with Gasteiger partial charge in [0.2, 0.25) is 0 Å². The van der Waals surface area contributed by atoms with Gasteiger partial charge in [0.15, 0.2) is 0 Å². The number of aromatic nitrogens is 1. The van der Waals surface area contributed by atoms with E-state index in [1.165, 1.54) is 0 Å². The molecule has 1 aromatic carbocycles. The predicted octanol–water partition coefficient (Wildman–Crippen LogP) is 2.31. The molecule has 0 aliphatic carbocycles. The van der Waals surface area contributed by atoms with Gasteiger partial charge < -0.3 is 10.0 Å². The fraction of sp³-hybridized carbons (Fsp3) is 0.231. The van der Waals surface area contributed by atoms with Gasteiger partial charge in [-0.1, -0.05) is 11.6 Å². The number of rotatable bonds is 2. The molecule has 0 bridgehead atoms. The van der Waals surface area contributed by atoms with Gasteiger partial charge in [0.1, 0.15) is 11.4 Å². The van der Waals surface area contributed by atoms with Crippen molar-refractivity contribution in [3.05, 3.63) is 35.4 Å². The number of carboxylic acids is 1. The molecule has 4 nitrogen and oxygen atoms in total. The number of hydrogen-bond donors (Lipinski definition) is 1. The first-order chi connectivity index (χ1) is 7.99. The normalized spacial score (nSPS) is 10.5. The second-order valence-electron chi connectivity index (χ2n) is 4.26. The number of carbonyl (C=O) groups is 1. The Bertz CT molecular complexity index is 591. The third-order valence-electron chi connectivity index (χ3n) is 2.60. The molecule has 1 aromatic heterocycles. The van der Waals surface area contributed by atoms with Crippen molar-refractivity contribution in [1.82, 2.24) is 4.98 Å². The van der Waals surface area contributed by atoms with E-state index in [0.717, 1.165) is 16.5 Å². The number of benzene rings is 1. The minimum Gasteiger partial charge on any atom is -0.478 e. The third kappa shape index (κ3) is 2.06. The molecule has 4 heteroatoms. The highest BCUT2D eigenvalue weighted by Crippen LogP contribution is 2.23. The highest BCUT2D eigenvalue weighted by molar-refractivity contribution is 5.98. The molecule has 0 aliphatic rings. The average Bonchev–Trinajstić information content (AvgIpc) is 2.26. The molecular weight excluding hydrogens is 216 g/mol. The Balaban J connectivity index is 2.77. The van der Waals surface area contributed by atoms with Crippen molar-refractivity contribution in [2.75, 3.05) is 19.0 Å². The van der Waals surface area contributed by atoms with Crippen LogP contribution >= 0.6 is 0 Å². The summed E-state index contributed by atoms with van der Waals surface area (Å²) < 4.78 is 0. The molecule has 0 fully saturated rings. The molecule has 1 heterocycles. The van der Waals surface area contributed by atoms with Crippen molar-refractivity contribution in [1.29, 1.82) is 0 Å². The molecule has 0 aliphatic heterocycles. The van der Waals surface area contributed by atoms with E-state index in [1.54, 1.807) is 25.1 Å². The average molecular weight is 230 g/mol. The highest BCUT2D eigenvalue weighted by atomic mass is 16.4. The van der Waals surface area contributed by atoms with Crippen LogP contribution in [-0.4, -0.2) is 30.2 Å². The highest BCUT2D eigenvalue weighted by Gasteiger charge is 2.14. The molecule has 88 valence electrons. The zero-order valence-electron chi connectivity index (χ0n) is 10.1. The van der Waals surface area contributed by atoms with Gasteiger partial charge in [-0.25, -0.2) is 9.78 Å². The van der Waals surface area contributed by atoms with Gasteiger partial charge in [0, 0.05) is 19.5 Å². The summed E-state index contributed by atoms with van der Waals surface area (Å²) in [5.74, 6) is -0.474. The number of hydrogen-bond acceptors (Lipinski definition) is 3. The SMILES string of the molecule is Cc1ccc2nc(N(C)C)c(C(=O)O)cc2c1. The molecule has 0 spiro atoms. The summed E-state index contributed by atoms with van der Waals surface area (Å²) in [5.41, 5.74) is 2.13. The van der Waals surface area contributed by atoms with E-state index in [4.69, 9.17) is 0 Å². The monoisotopic (exact) mass is 230 g/mol. The predicted molar refractivity (Wildman–Crippen MR) is 67.8 cm³/mol. The lowest BCUT2D eigenvalue weighted by molar-refractivity contribution is 0.0697. The maximum Gasteiger partial charge on any atom is 0.339 e. The van der Waals surface area contributed by atoms with Crippen LogP contribution in [0.2, 0.25) is 0 Å². The van der Waals surface area contributed by atoms with Crippen molar-refractivity contribution in [2.24, 2.45) is 0 Å². The number of anilines is 1. The third-order valence-corrected chi connectivity index (χ3v) is 2.60. The first kappa shape index (κ1) is 11.4. The van der Waals surface area contributed by atoms with E-state index < -0.39 is 5.97 Å². The minimum absolute atomic E-state index is 0.230. The van der Waals surface area contributed by atoms with Crippen LogP contribution in [0.4, 0.5) is 5.82 Å². The second-order valence-corrected chi connectivity index (χ2v) is 4.26. The van der Waals surface area contributed by atoms with Crippen LogP contribution < -0.4 is 4.90 Å².